The molecule has 0 radical (unpaired) electrons. The van der Waals surface area contributed by atoms with Crippen molar-refractivity contribution in [2.45, 2.75) is 39.3 Å². The normalized spacial score (nSPS) is 11.1. The Morgan fingerprint density at radius 2 is 1.49 bits per heavy atom. The fourth-order valence-electron chi connectivity index (χ4n) is 3.89. The Hall–Kier alpha value is -4.08. The Labute approximate surface area is 246 Å². The van der Waals surface area contributed by atoms with E-state index in [0.29, 0.717) is 40.7 Å². The summed E-state index contributed by atoms with van der Waals surface area (Å²) < 4.78 is 5.32. The number of anilines is 3. The maximum Gasteiger partial charge on any atom is 0.412 e. The molecule has 0 spiro atoms. The Morgan fingerprint density at radius 1 is 0.829 bits per heavy atom. The molecule has 0 unspecified atom stereocenters. The molecule has 0 aromatic heterocycles. The van der Waals surface area contributed by atoms with Gasteiger partial charge in [0.1, 0.15) is 5.60 Å². The van der Waals surface area contributed by atoms with E-state index in [1.807, 2.05) is 26.2 Å². The van der Waals surface area contributed by atoms with Crippen molar-refractivity contribution in [3.05, 3.63) is 88.9 Å². The summed E-state index contributed by atoms with van der Waals surface area (Å²) in [6, 6.07) is 20.8. The van der Waals surface area contributed by atoms with Crippen LogP contribution in [0.5, 0.6) is 0 Å². The molecule has 0 atom stereocenters. The van der Waals surface area contributed by atoms with Crippen LogP contribution in [0, 0.1) is 0 Å². The van der Waals surface area contributed by atoms with Gasteiger partial charge < -0.3 is 25.2 Å². The van der Waals surface area contributed by atoms with Crippen molar-refractivity contribution in [2.75, 3.05) is 43.1 Å². The molecule has 41 heavy (non-hydrogen) atoms. The maximum atomic E-state index is 13.1. The zero-order chi connectivity index (χ0) is 30.0. The molecule has 3 rings (SSSR count). The lowest BCUT2D eigenvalue weighted by atomic mass is 10.1. The lowest BCUT2D eigenvalue weighted by Gasteiger charge is -2.24. The van der Waals surface area contributed by atoms with Gasteiger partial charge in [0.15, 0.2) is 0 Å². The Balaban J connectivity index is 1.67. The summed E-state index contributed by atoms with van der Waals surface area (Å²) in [7, 11) is 3.98. The second kappa shape index (κ2) is 14.5. The number of amides is 4. The number of nitrogens with zero attached hydrogens (tertiary/aromatic N) is 2. The monoisotopic (exact) mass is 579 g/mol. The molecule has 0 saturated heterocycles. The average Bonchev–Trinajstić information content (AvgIpc) is 2.88. The summed E-state index contributed by atoms with van der Waals surface area (Å²) in [6.07, 6.45) is 0.186. The fourth-order valence-corrected chi connectivity index (χ4v) is 4.08. The van der Waals surface area contributed by atoms with Crippen molar-refractivity contribution < 1.29 is 19.1 Å². The molecule has 0 bridgehead atoms. The van der Waals surface area contributed by atoms with Gasteiger partial charge in [-0.05, 0) is 95.9 Å². The molecular weight excluding hydrogens is 542 g/mol. The smallest absolute Gasteiger partial charge is 0.412 e. The first-order chi connectivity index (χ1) is 19.4. The Morgan fingerprint density at radius 3 is 2.10 bits per heavy atom. The first kappa shape index (κ1) is 31.4. The van der Waals surface area contributed by atoms with E-state index in [1.165, 1.54) is 0 Å². The molecule has 3 aromatic rings. The van der Waals surface area contributed by atoms with Crippen LogP contribution in [0.3, 0.4) is 0 Å². The SMILES string of the molecule is CN(C)CCCN(Cc1ccc(C(=O)Nc2ccccc2NC(=O)OC(C)(C)C)cc1)C(=O)Nc1cccc(Cl)c1. The number of urea groups is 1. The standard InChI is InChI=1S/C31H38ClN5O4/c1-31(2,3)41-30(40)35-27-13-7-6-12-26(27)34-28(38)23-16-14-22(15-17-23)21-37(19-9-18-36(4)5)29(39)33-25-11-8-10-24(32)20-25/h6-8,10-17,20H,9,18-19,21H2,1-5H3,(H,33,39)(H,34,38)(H,35,40). The summed E-state index contributed by atoms with van der Waals surface area (Å²) in [6.45, 7) is 7.08. The van der Waals surface area contributed by atoms with E-state index in [4.69, 9.17) is 16.3 Å². The van der Waals surface area contributed by atoms with Gasteiger partial charge in [-0.2, -0.15) is 0 Å². The number of hydrogen-bond acceptors (Lipinski definition) is 5. The van der Waals surface area contributed by atoms with Crippen molar-refractivity contribution in [3.8, 4) is 0 Å². The van der Waals surface area contributed by atoms with Crippen molar-refractivity contribution >= 4 is 46.7 Å². The quantitative estimate of drug-likeness (QED) is 0.242. The van der Waals surface area contributed by atoms with Gasteiger partial charge in [0, 0.05) is 29.4 Å². The number of hydrogen-bond donors (Lipinski definition) is 3. The lowest BCUT2D eigenvalue weighted by Crippen LogP contribution is -2.36. The molecule has 10 heteroatoms. The van der Waals surface area contributed by atoms with E-state index in [-0.39, 0.29) is 11.9 Å². The number of rotatable bonds is 10. The number of benzene rings is 3. The molecule has 0 aliphatic rings. The number of para-hydroxylation sites is 2. The summed E-state index contributed by atoms with van der Waals surface area (Å²) >= 11 is 6.07. The summed E-state index contributed by atoms with van der Waals surface area (Å²) in [5.41, 5.74) is 2.14. The van der Waals surface area contributed by atoms with Crippen LogP contribution < -0.4 is 16.0 Å². The van der Waals surface area contributed by atoms with Gasteiger partial charge >= 0.3 is 12.1 Å². The van der Waals surface area contributed by atoms with Crippen LogP contribution in [0.4, 0.5) is 26.7 Å². The van der Waals surface area contributed by atoms with Crippen LogP contribution in [0.15, 0.2) is 72.8 Å². The molecule has 3 aromatic carbocycles. The summed E-state index contributed by atoms with van der Waals surface area (Å²) in [4.78, 5) is 42.2. The molecule has 0 aliphatic heterocycles. The largest absolute Gasteiger partial charge is 0.444 e. The number of nitrogens with one attached hydrogen (secondary N) is 3. The molecule has 218 valence electrons. The highest BCUT2D eigenvalue weighted by Gasteiger charge is 2.18. The van der Waals surface area contributed by atoms with Crippen LogP contribution in [0.2, 0.25) is 5.02 Å². The van der Waals surface area contributed by atoms with Crippen molar-refractivity contribution in [3.63, 3.8) is 0 Å². The molecular formula is C31H38ClN5O4. The van der Waals surface area contributed by atoms with Crippen LogP contribution >= 0.6 is 11.6 Å². The number of carbonyl (C=O) groups is 3. The topological polar surface area (TPSA) is 103 Å². The third-order valence-corrected chi connectivity index (χ3v) is 6.03. The zero-order valence-electron chi connectivity index (χ0n) is 24.2. The molecule has 0 heterocycles. The van der Waals surface area contributed by atoms with Gasteiger partial charge in [0.05, 0.1) is 11.4 Å². The minimum absolute atomic E-state index is 0.234. The fraction of sp³-hybridized carbons (Fsp3) is 0.323. The molecule has 0 saturated carbocycles. The van der Waals surface area contributed by atoms with E-state index in [2.05, 4.69) is 20.9 Å². The van der Waals surface area contributed by atoms with Gasteiger partial charge in [-0.1, -0.05) is 41.9 Å². The second-order valence-electron chi connectivity index (χ2n) is 10.8. The summed E-state index contributed by atoms with van der Waals surface area (Å²) in [5, 5.41) is 8.98. The van der Waals surface area contributed by atoms with E-state index < -0.39 is 11.7 Å². The first-order valence-electron chi connectivity index (χ1n) is 13.3. The van der Waals surface area contributed by atoms with Crippen molar-refractivity contribution in [2.24, 2.45) is 0 Å². The predicted molar refractivity (Wildman–Crippen MR) is 165 cm³/mol. The van der Waals surface area contributed by atoms with Crippen molar-refractivity contribution in [1.82, 2.24) is 9.80 Å². The zero-order valence-corrected chi connectivity index (χ0v) is 24.9. The molecule has 9 nitrogen and oxygen atoms in total. The van der Waals surface area contributed by atoms with E-state index >= 15 is 0 Å². The third-order valence-electron chi connectivity index (χ3n) is 5.80. The minimum Gasteiger partial charge on any atom is -0.444 e. The molecule has 0 fully saturated rings. The minimum atomic E-state index is -0.651. The lowest BCUT2D eigenvalue weighted by molar-refractivity contribution is 0.0635. The highest BCUT2D eigenvalue weighted by Crippen LogP contribution is 2.23. The number of halogens is 1. The third kappa shape index (κ3) is 10.8. The Bertz CT molecular complexity index is 1340. The van der Waals surface area contributed by atoms with Crippen LogP contribution in [-0.4, -0.2) is 60.6 Å². The van der Waals surface area contributed by atoms with Gasteiger partial charge in [-0.3, -0.25) is 10.1 Å². The van der Waals surface area contributed by atoms with Gasteiger partial charge in [0.2, 0.25) is 0 Å². The van der Waals surface area contributed by atoms with Gasteiger partial charge in [0.25, 0.3) is 5.91 Å². The van der Waals surface area contributed by atoms with E-state index in [0.717, 1.165) is 18.5 Å². The van der Waals surface area contributed by atoms with Crippen LogP contribution in [0.25, 0.3) is 0 Å². The van der Waals surface area contributed by atoms with E-state index in [9.17, 15) is 14.4 Å². The van der Waals surface area contributed by atoms with Gasteiger partial charge in [-0.15, -0.1) is 0 Å². The molecule has 3 N–H and O–H groups in total. The molecule has 0 aliphatic carbocycles. The predicted octanol–water partition coefficient (Wildman–Crippen LogP) is 6.93. The summed E-state index contributed by atoms with van der Waals surface area (Å²) in [5.74, 6) is -0.337. The molecule has 4 amide bonds. The average molecular weight is 580 g/mol. The van der Waals surface area contributed by atoms with Crippen LogP contribution in [0.1, 0.15) is 43.1 Å². The Kier molecular flexibility index (Phi) is 11.1. The van der Waals surface area contributed by atoms with Gasteiger partial charge in [-0.25, -0.2) is 9.59 Å². The maximum absolute atomic E-state index is 13.1. The number of ether oxygens (including phenoxy) is 1. The first-order valence-corrected chi connectivity index (χ1v) is 13.7. The van der Waals surface area contributed by atoms with E-state index in [1.54, 1.807) is 86.3 Å². The highest BCUT2D eigenvalue weighted by molar-refractivity contribution is 6.30. The van der Waals surface area contributed by atoms with Crippen molar-refractivity contribution in [1.29, 1.82) is 0 Å². The van der Waals surface area contributed by atoms with Crippen LogP contribution in [-0.2, 0) is 11.3 Å². The number of carbonyl (C=O) groups excluding carboxylic acids is 3. The second-order valence-corrected chi connectivity index (χ2v) is 11.3. The highest BCUT2D eigenvalue weighted by atomic mass is 35.5.